The van der Waals surface area contributed by atoms with Crippen molar-refractivity contribution in [1.29, 1.82) is 0 Å². The van der Waals surface area contributed by atoms with Crippen LogP contribution >= 0.6 is 11.3 Å². The van der Waals surface area contributed by atoms with Crippen LogP contribution in [0.2, 0.25) is 0 Å². The first kappa shape index (κ1) is 18.8. The van der Waals surface area contributed by atoms with Crippen molar-refractivity contribution in [2.75, 3.05) is 38.0 Å². The van der Waals surface area contributed by atoms with Crippen LogP contribution in [0, 0.1) is 0 Å². The monoisotopic (exact) mass is 382 g/mol. The summed E-state index contributed by atoms with van der Waals surface area (Å²) in [6.45, 7) is 0.232. The summed E-state index contributed by atoms with van der Waals surface area (Å²) in [7, 11) is 7.47. The van der Waals surface area contributed by atoms with Crippen molar-refractivity contribution in [3.63, 3.8) is 0 Å². The minimum absolute atomic E-state index is 0.161. The van der Waals surface area contributed by atoms with Gasteiger partial charge in [-0.1, -0.05) is 18.2 Å². The lowest BCUT2D eigenvalue weighted by atomic mass is 10.1. The van der Waals surface area contributed by atoms with E-state index in [2.05, 4.69) is 26.3 Å². The van der Waals surface area contributed by atoms with Crippen molar-refractivity contribution in [3.8, 4) is 10.4 Å². The number of thiophene rings is 1. The summed E-state index contributed by atoms with van der Waals surface area (Å²) in [6.07, 6.45) is 0. The highest BCUT2D eigenvalue weighted by Gasteiger charge is 2.12. The molecule has 7 nitrogen and oxygen atoms in total. The zero-order chi connectivity index (χ0) is 19.4. The van der Waals surface area contributed by atoms with E-state index < -0.39 is 0 Å². The number of rotatable bonds is 6. The van der Waals surface area contributed by atoms with E-state index in [-0.39, 0.29) is 12.5 Å². The van der Waals surface area contributed by atoms with Gasteiger partial charge >= 0.3 is 0 Å². The number of nitrogens with zero attached hydrogens (tertiary/aromatic N) is 5. The second-order valence-electron chi connectivity index (χ2n) is 6.38. The van der Waals surface area contributed by atoms with E-state index in [1.54, 1.807) is 11.3 Å². The van der Waals surface area contributed by atoms with Crippen LogP contribution in [0.5, 0.6) is 0 Å². The van der Waals surface area contributed by atoms with Gasteiger partial charge in [0.2, 0.25) is 11.9 Å². The van der Waals surface area contributed by atoms with Gasteiger partial charge in [-0.3, -0.25) is 4.79 Å². The van der Waals surface area contributed by atoms with Crippen LogP contribution in [0.4, 0.5) is 11.9 Å². The molecule has 0 atom stereocenters. The predicted molar refractivity (Wildman–Crippen MR) is 109 cm³/mol. The van der Waals surface area contributed by atoms with Crippen molar-refractivity contribution < 1.29 is 4.79 Å². The Morgan fingerprint density at radius 3 is 2.11 bits per heavy atom. The number of anilines is 2. The second kappa shape index (κ2) is 8.13. The lowest BCUT2D eigenvalue weighted by Crippen LogP contribution is -2.26. The summed E-state index contributed by atoms with van der Waals surface area (Å²) in [4.78, 5) is 30.4. The molecule has 8 heteroatoms. The quantitative estimate of drug-likeness (QED) is 0.707. The molecular formula is C19H22N6OS. The normalized spacial score (nSPS) is 10.5. The minimum Gasteiger partial charge on any atom is -0.347 e. The number of benzene rings is 1. The van der Waals surface area contributed by atoms with Gasteiger partial charge in [-0.15, -0.1) is 11.3 Å². The van der Waals surface area contributed by atoms with E-state index in [1.807, 2.05) is 73.7 Å². The van der Waals surface area contributed by atoms with Gasteiger partial charge in [0.05, 0.1) is 6.54 Å². The van der Waals surface area contributed by atoms with Crippen molar-refractivity contribution >= 4 is 29.1 Å². The molecule has 0 radical (unpaired) electrons. The molecule has 0 saturated carbocycles. The van der Waals surface area contributed by atoms with Gasteiger partial charge in [-0.25, -0.2) is 0 Å². The predicted octanol–water partition coefficient (Wildman–Crippen LogP) is 2.66. The molecule has 1 aromatic carbocycles. The zero-order valence-electron chi connectivity index (χ0n) is 15.8. The lowest BCUT2D eigenvalue weighted by molar-refractivity contribution is 0.0950. The average Bonchev–Trinajstić information content (AvgIpc) is 3.20. The molecule has 3 rings (SSSR count). The molecule has 0 aliphatic rings. The van der Waals surface area contributed by atoms with Crippen LogP contribution in [-0.4, -0.2) is 49.0 Å². The summed E-state index contributed by atoms with van der Waals surface area (Å²) < 4.78 is 0. The fourth-order valence-electron chi connectivity index (χ4n) is 2.36. The Balaban J connectivity index is 1.70. The highest BCUT2D eigenvalue weighted by molar-refractivity contribution is 7.13. The first-order valence-electron chi connectivity index (χ1n) is 8.46. The Kier molecular flexibility index (Phi) is 5.66. The largest absolute Gasteiger partial charge is 0.347 e. The maximum Gasteiger partial charge on any atom is 0.251 e. The van der Waals surface area contributed by atoms with E-state index >= 15 is 0 Å². The van der Waals surface area contributed by atoms with Gasteiger partial charge in [0, 0.05) is 38.6 Å². The van der Waals surface area contributed by atoms with Crippen molar-refractivity contribution in [2.24, 2.45) is 0 Å². The van der Waals surface area contributed by atoms with E-state index in [9.17, 15) is 4.79 Å². The topological polar surface area (TPSA) is 74.2 Å². The third-order valence-corrected chi connectivity index (χ3v) is 4.74. The molecule has 0 saturated heterocycles. The van der Waals surface area contributed by atoms with Gasteiger partial charge in [0.25, 0.3) is 5.91 Å². The van der Waals surface area contributed by atoms with E-state index in [0.717, 1.165) is 5.56 Å². The maximum atomic E-state index is 12.5. The fraction of sp³-hybridized carbons (Fsp3) is 0.263. The van der Waals surface area contributed by atoms with Gasteiger partial charge in [-0.05, 0) is 29.1 Å². The number of carbonyl (C=O) groups excluding carboxylic acids is 1. The molecule has 1 N–H and O–H groups in total. The fourth-order valence-corrected chi connectivity index (χ4v) is 3.10. The third-order valence-electron chi connectivity index (χ3n) is 3.82. The molecule has 2 aromatic heterocycles. The molecule has 140 valence electrons. The molecule has 0 fully saturated rings. The number of hydrogen-bond donors (Lipinski definition) is 1. The third kappa shape index (κ3) is 4.59. The number of carbonyl (C=O) groups is 1. The minimum atomic E-state index is -0.161. The molecule has 0 aliphatic carbocycles. The average molecular weight is 382 g/mol. The Bertz CT molecular complexity index is 880. The molecule has 0 bridgehead atoms. The summed E-state index contributed by atoms with van der Waals surface area (Å²) >= 11 is 1.67. The molecule has 2 heterocycles. The number of hydrogen-bond acceptors (Lipinski definition) is 7. The van der Waals surface area contributed by atoms with Crippen molar-refractivity contribution in [1.82, 2.24) is 20.3 Å². The van der Waals surface area contributed by atoms with Crippen LogP contribution in [0.3, 0.4) is 0 Å². The van der Waals surface area contributed by atoms with Gasteiger partial charge in [-0.2, -0.15) is 15.0 Å². The maximum absolute atomic E-state index is 12.5. The first-order valence-corrected chi connectivity index (χ1v) is 9.34. The molecule has 3 aromatic rings. The van der Waals surface area contributed by atoms with Crippen molar-refractivity contribution in [3.05, 3.63) is 53.2 Å². The molecule has 0 aliphatic heterocycles. The highest BCUT2D eigenvalue weighted by atomic mass is 32.1. The van der Waals surface area contributed by atoms with Crippen LogP contribution in [0.25, 0.3) is 10.4 Å². The van der Waals surface area contributed by atoms with Crippen LogP contribution in [-0.2, 0) is 6.54 Å². The number of amides is 1. The van der Waals surface area contributed by atoms with Gasteiger partial charge in [0.15, 0.2) is 5.82 Å². The van der Waals surface area contributed by atoms with Crippen LogP contribution < -0.4 is 15.1 Å². The lowest BCUT2D eigenvalue weighted by Gasteiger charge is -2.16. The second-order valence-corrected chi connectivity index (χ2v) is 7.33. The Hall–Kier alpha value is -3.00. The molecule has 27 heavy (non-hydrogen) atoms. The number of nitrogens with one attached hydrogen (secondary N) is 1. The Morgan fingerprint density at radius 1 is 0.963 bits per heavy atom. The molecule has 1 amide bonds. The standard InChI is InChI=1S/C19H22N6OS/c1-24(2)18-21-16(22-19(23-18)25(3)4)12-20-17(26)14-9-7-13(8-10-14)15-6-5-11-27-15/h5-11H,12H2,1-4H3,(H,20,26). The van der Waals surface area contributed by atoms with Gasteiger partial charge in [0.1, 0.15) is 0 Å². The summed E-state index contributed by atoms with van der Waals surface area (Å²) in [5.41, 5.74) is 1.70. The molecular weight excluding hydrogens is 360 g/mol. The zero-order valence-corrected chi connectivity index (χ0v) is 16.6. The molecule has 0 spiro atoms. The van der Waals surface area contributed by atoms with E-state index in [1.165, 1.54) is 4.88 Å². The summed E-state index contributed by atoms with van der Waals surface area (Å²) in [6, 6.07) is 11.6. The SMILES string of the molecule is CN(C)c1nc(CNC(=O)c2ccc(-c3cccs3)cc2)nc(N(C)C)n1. The number of aromatic nitrogens is 3. The van der Waals surface area contributed by atoms with Crippen LogP contribution in [0.1, 0.15) is 16.2 Å². The summed E-state index contributed by atoms with van der Waals surface area (Å²) in [5, 5.41) is 4.91. The Labute approximate surface area is 162 Å². The Morgan fingerprint density at radius 2 is 1.59 bits per heavy atom. The van der Waals surface area contributed by atoms with E-state index in [0.29, 0.717) is 23.3 Å². The first-order chi connectivity index (χ1) is 12.9. The summed E-state index contributed by atoms with van der Waals surface area (Å²) in [5.74, 6) is 1.46. The van der Waals surface area contributed by atoms with Crippen molar-refractivity contribution in [2.45, 2.75) is 6.54 Å². The molecule has 0 unspecified atom stereocenters. The smallest absolute Gasteiger partial charge is 0.251 e. The van der Waals surface area contributed by atoms with Crippen LogP contribution in [0.15, 0.2) is 41.8 Å². The van der Waals surface area contributed by atoms with E-state index in [4.69, 9.17) is 0 Å². The highest BCUT2D eigenvalue weighted by Crippen LogP contribution is 2.24. The van der Waals surface area contributed by atoms with Gasteiger partial charge < -0.3 is 15.1 Å².